The van der Waals surface area contributed by atoms with E-state index in [2.05, 4.69) is 20.9 Å². The fraction of sp³-hybridized carbons (Fsp3) is 0.154. The summed E-state index contributed by atoms with van der Waals surface area (Å²) in [6.45, 7) is 2.39. The third-order valence-corrected chi connectivity index (χ3v) is 2.85. The molecule has 2 rings (SSSR count). The molecule has 0 aliphatic heterocycles. The summed E-state index contributed by atoms with van der Waals surface area (Å²) in [5.41, 5.74) is 7.62. The standard InChI is InChI=1S/C13H13BrN2O/c1-9-4-2-3-5-12(9)17-13-10(7-15)6-11(14)8-16-13/h2-6,8H,7,15H2,1H3. The van der Waals surface area contributed by atoms with E-state index in [1.165, 1.54) is 0 Å². The van der Waals surface area contributed by atoms with Gasteiger partial charge in [0.1, 0.15) is 5.75 Å². The number of halogens is 1. The Morgan fingerprint density at radius 1 is 1.35 bits per heavy atom. The lowest BCUT2D eigenvalue weighted by Gasteiger charge is -2.10. The minimum absolute atomic E-state index is 0.396. The van der Waals surface area contributed by atoms with Crippen LogP contribution in [-0.2, 0) is 6.54 Å². The lowest BCUT2D eigenvalue weighted by Crippen LogP contribution is -2.01. The molecule has 0 bridgehead atoms. The number of aromatic nitrogens is 1. The molecule has 0 amide bonds. The topological polar surface area (TPSA) is 48.1 Å². The molecule has 0 atom stereocenters. The summed E-state index contributed by atoms with van der Waals surface area (Å²) >= 11 is 3.36. The number of para-hydroxylation sites is 1. The van der Waals surface area contributed by atoms with Gasteiger partial charge >= 0.3 is 0 Å². The van der Waals surface area contributed by atoms with Crippen LogP contribution in [0.25, 0.3) is 0 Å². The number of pyridine rings is 1. The molecule has 4 heteroatoms. The van der Waals surface area contributed by atoms with Crippen LogP contribution >= 0.6 is 15.9 Å². The Morgan fingerprint density at radius 3 is 2.82 bits per heavy atom. The van der Waals surface area contributed by atoms with Crippen LogP contribution in [0.2, 0.25) is 0 Å². The molecule has 88 valence electrons. The van der Waals surface area contributed by atoms with Crippen LogP contribution in [0.4, 0.5) is 0 Å². The fourth-order valence-electron chi connectivity index (χ4n) is 1.48. The molecule has 1 aromatic carbocycles. The van der Waals surface area contributed by atoms with Crippen LogP contribution in [0.5, 0.6) is 11.6 Å². The van der Waals surface area contributed by atoms with Crippen LogP contribution in [0.1, 0.15) is 11.1 Å². The number of hydrogen-bond acceptors (Lipinski definition) is 3. The second-order valence-electron chi connectivity index (χ2n) is 3.69. The first-order valence-corrected chi connectivity index (χ1v) is 6.08. The number of rotatable bonds is 3. The Labute approximate surface area is 109 Å². The first kappa shape index (κ1) is 12.1. The van der Waals surface area contributed by atoms with Crippen LogP contribution in [0, 0.1) is 6.92 Å². The predicted molar refractivity (Wildman–Crippen MR) is 71.1 cm³/mol. The van der Waals surface area contributed by atoms with Crippen molar-refractivity contribution < 1.29 is 4.74 Å². The van der Waals surface area contributed by atoms with Crippen molar-refractivity contribution in [2.75, 3.05) is 0 Å². The number of ether oxygens (including phenoxy) is 1. The highest BCUT2D eigenvalue weighted by molar-refractivity contribution is 9.10. The van der Waals surface area contributed by atoms with E-state index in [-0.39, 0.29) is 0 Å². The van der Waals surface area contributed by atoms with Gasteiger partial charge in [0.2, 0.25) is 5.88 Å². The third kappa shape index (κ3) is 2.84. The molecule has 0 aliphatic carbocycles. The van der Waals surface area contributed by atoms with E-state index in [1.807, 2.05) is 37.3 Å². The van der Waals surface area contributed by atoms with E-state index >= 15 is 0 Å². The quantitative estimate of drug-likeness (QED) is 0.943. The minimum atomic E-state index is 0.396. The molecule has 2 N–H and O–H groups in total. The van der Waals surface area contributed by atoms with Crippen molar-refractivity contribution in [1.29, 1.82) is 0 Å². The van der Waals surface area contributed by atoms with Crippen LogP contribution in [-0.4, -0.2) is 4.98 Å². The largest absolute Gasteiger partial charge is 0.438 e. The minimum Gasteiger partial charge on any atom is -0.438 e. The molecule has 3 nitrogen and oxygen atoms in total. The maximum absolute atomic E-state index is 5.77. The average molecular weight is 293 g/mol. The Morgan fingerprint density at radius 2 is 2.12 bits per heavy atom. The molecule has 0 radical (unpaired) electrons. The highest BCUT2D eigenvalue weighted by Crippen LogP contribution is 2.27. The summed E-state index contributed by atoms with van der Waals surface area (Å²) in [6, 6.07) is 9.74. The van der Waals surface area contributed by atoms with Crippen molar-refractivity contribution in [1.82, 2.24) is 4.98 Å². The van der Waals surface area contributed by atoms with E-state index in [1.54, 1.807) is 6.20 Å². The Bertz CT molecular complexity index is 529. The van der Waals surface area contributed by atoms with E-state index in [0.717, 1.165) is 21.3 Å². The summed E-state index contributed by atoms with van der Waals surface area (Å²) in [5.74, 6) is 1.36. The summed E-state index contributed by atoms with van der Waals surface area (Å²) < 4.78 is 6.67. The molecule has 0 fully saturated rings. The SMILES string of the molecule is Cc1ccccc1Oc1ncc(Br)cc1CN. The molecule has 1 aromatic heterocycles. The van der Waals surface area contributed by atoms with E-state index < -0.39 is 0 Å². The molecule has 1 heterocycles. The number of nitrogens with two attached hydrogens (primary N) is 1. The molecule has 0 saturated carbocycles. The first-order chi connectivity index (χ1) is 8.20. The second kappa shape index (κ2) is 5.29. The maximum atomic E-state index is 5.77. The lowest BCUT2D eigenvalue weighted by atomic mass is 10.2. The average Bonchev–Trinajstić information content (AvgIpc) is 2.34. The van der Waals surface area contributed by atoms with Gasteiger partial charge in [-0.15, -0.1) is 0 Å². The molecule has 17 heavy (non-hydrogen) atoms. The number of benzene rings is 1. The van der Waals surface area contributed by atoms with Crippen molar-refractivity contribution in [2.24, 2.45) is 5.73 Å². The molecular weight excluding hydrogens is 280 g/mol. The summed E-state index contributed by atoms with van der Waals surface area (Å²) in [7, 11) is 0. The molecule has 0 spiro atoms. The van der Waals surface area contributed by atoms with Gasteiger partial charge in [-0.2, -0.15) is 0 Å². The molecule has 0 aliphatic rings. The van der Waals surface area contributed by atoms with Gasteiger partial charge in [-0.25, -0.2) is 4.98 Å². The van der Waals surface area contributed by atoms with Gasteiger partial charge < -0.3 is 10.5 Å². The molecule has 0 unspecified atom stereocenters. The van der Waals surface area contributed by atoms with Crippen LogP contribution in [0.3, 0.4) is 0 Å². The highest BCUT2D eigenvalue weighted by atomic mass is 79.9. The summed E-state index contributed by atoms with van der Waals surface area (Å²) in [5, 5.41) is 0. The lowest BCUT2D eigenvalue weighted by molar-refractivity contribution is 0.453. The third-order valence-electron chi connectivity index (χ3n) is 2.41. The Hall–Kier alpha value is -1.39. The Kier molecular flexibility index (Phi) is 3.76. The van der Waals surface area contributed by atoms with E-state index in [0.29, 0.717) is 12.4 Å². The first-order valence-electron chi connectivity index (χ1n) is 5.28. The van der Waals surface area contributed by atoms with Crippen molar-refractivity contribution in [3.8, 4) is 11.6 Å². The smallest absolute Gasteiger partial charge is 0.223 e. The van der Waals surface area contributed by atoms with Gasteiger partial charge in [-0.1, -0.05) is 18.2 Å². The van der Waals surface area contributed by atoms with Gasteiger partial charge in [0, 0.05) is 22.8 Å². The normalized spacial score (nSPS) is 10.3. The van der Waals surface area contributed by atoms with Gasteiger partial charge in [0.15, 0.2) is 0 Å². The Balaban J connectivity index is 2.33. The van der Waals surface area contributed by atoms with Crippen molar-refractivity contribution in [3.05, 3.63) is 52.1 Å². The molecular formula is C13H13BrN2O. The van der Waals surface area contributed by atoms with E-state index in [9.17, 15) is 0 Å². The predicted octanol–water partition coefficient (Wildman–Crippen LogP) is 3.40. The molecule has 0 saturated heterocycles. The number of aryl methyl sites for hydroxylation is 1. The van der Waals surface area contributed by atoms with Crippen molar-refractivity contribution in [2.45, 2.75) is 13.5 Å². The van der Waals surface area contributed by atoms with Crippen LogP contribution < -0.4 is 10.5 Å². The second-order valence-corrected chi connectivity index (χ2v) is 4.61. The monoisotopic (exact) mass is 292 g/mol. The van der Waals surface area contributed by atoms with Crippen LogP contribution in [0.15, 0.2) is 41.0 Å². The maximum Gasteiger partial charge on any atom is 0.223 e. The fourth-order valence-corrected chi connectivity index (χ4v) is 1.86. The summed E-state index contributed by atoms with van der Waals surface area (Å²) in [4.78, 5) is 4.24. The summed E-state index contributed by atoms with van der Waals surface area (Å²) in [6.07, 6.45) is 1.70. The van der Waals surface area contributed by atoms with Gasteiger partial charge in [0.25, 0.3) is 0 Å². The van der Waals surface area contributed by atoms with Gasteiger partial charge in [-0.3, -0.25) is 0 Å². The van der Waals surface area contributed by atoms with Gasteiger partial charge in [0.05, 0.1) is 0 Å². The zero-order chi connectivity index (χ0) is 12.3. The zero-order valence-corrected chi connectivity index (χ0v) is 11.1. The number of nitrogens with zero attached hydrogens (tertiary/aromatic N) is 1. The number of hydrogen-bond donors (Lipinski definition) is 1. The van der Waals surface area contributed by atoms with E-state index in [4.69, 9.17) is 10.5 Å². The van der Waals surface area contributed by atoms with Gasteiger partial charge in [-0.05, 0) is 40.5 Å². The van der Waals surface area contributed by atoms with Crippen molar-refractivity contribution in [3.63, 3.8) is 0 Å². The highest BCUT2D eigenvalue weighted by Gasteiger charge is 2.07. The molecule has 2 aromatic rings. The van der Waals surface area contributed by atoms with Crippen molar-refractivity contribution >= 4 is 15.9 Å². The zero-order valence-electron chi connectivity index (χ0n) is 9.48.